The van der Waals surface area contributed by atoms with Crippen molar-refractivity contribution in [1.29, 1.82) is 5.26 Å². The highest BCUT2D eigenvalue weighted by atomic mass is 16.1. The number of hydrogen-bond acceptors (Lipinski definition) is 4. The highest BCUT2D eigenvalue weighted by Gasteiger charge is 2.17. The molecule has 0 aliphatic rings. The molecule has 0 saturated carbocycles. The van der Waals surface area contributed by atoms with Gasteiger partial charge in [-0.3, -0.25) is 13.8 Å². The van der Waals surface area contributed by atoms with Gasteiger partial charge in [-0.2, -0.15) is 5.26 Å². The summed E-state index contributed by atoms with van der Waals surface area (Å²) < 4.78 is 3.64. The highest BCUT2D eigenvalue weighted by Crippen LogP contribution is 2.30. The fourth-order valence-electron chi connectivity index (χ4n) is 4.90. The summed E-state index contributed by atoms with van der Waals surface area (Å²) in [5, 5.41) is 11.0. The van der Waals surface area contributed by atoms with E-state index in [0.717, 1.165) is 33.5 Å². The van der Waals surface area contributed by atoms with Gasteiger partial charge in [-0.1, -0.05) is 48.5 Å². The molecular weight excluding hydrogens is 446 g/mol. The van der Waals surface area contributed by atoms with E-state index in [-0.39, 0.29) is 5.56 Å². The fourth-order valence-corrected chi connectivity index (χ4v) is 4.90. The lowest BCUT2D eigenvalue weighted by molar-refractivity contribution is 1.10. The monoisotopic (exact) mass is 463 g/mol. The van der Waals surface area contributed by atoms with E-state index in [1.807, 2.05) is 97.1 Å². The summed E-state index contributed by atoms with van der Waals surface area (Å²) in [7, 11) is 0. The Labute approximate surface area is 204 Å². The number of aromatic nitrogens is 4. The number of rotatable bonds is 2. The first kappa shape index (κ1) is 20.1. The van der Waals surface area contributed by atoms with E-state index in [9.17, 15) is 10.1 Å². The Morgan fingerprint density at radius 2 is 1.47 bits per heavy atom. The third kappa shape index (κ3) is 2.87. The van der Waals surface area contributed by atoms with Crippen molar-refractivity contribution < 1.29 is 0 Å². The van der Waals surface area contributed by atoms with Crippen LogP contribution in [-0.2, 0) is 0 Å². The smallest absolute Gasteiger partial charge is 0.266 e. The maximum Gasteiger partial charge on any atom is 0.266 e. The maximum atomic E-state index is 13.9. The molecule has 0 fully saturated rings. The number of imidazole rings is 1. The summed E-state index contributed by atoms with van der Waals surface area (Å²) in [6, 6.07) is 35.2. The van der Waals surface area contributed by atoms with Gasteiger partial charge < -0.3 is 0 Å². The van der Waals surface area contributed by atoms with Crippen molar-refractivity contribution in [2.24, 2.45) is 0 Å². The summed E-state index contributed by atoms with van der Waals surface area (Å²) in [5.74, 6) is 0.740. The zero-order valence-electron chi connectivity index (χ0n) is 19.0. The van der Waals surface area contributed by atoms with Crippen LogP contribution in [0.2, 0.25) is 0 Å². The SMILES string of the molecule is N#Cc1cc2ccccc2n2c(=O)c3cc(-c4nc5ccccc5n4-c4ccccc4)ccc3nc12. The van der Waals surface area contributed by atoms with Gasteiger partial charge in [0.15, 0.2) is 5.65 Å². The molecule has 6 nitrogen and oxygen atoms in total. The summed E-state index contributed by atoms with van der Waals surface area (Å²) in [4.78, 5) is 23.5. The molecule has 0 radical (unpaired) electrons. The molecule has 0 bridgehead atoms. The fraction of sp³-hybridized carbons (Fsp3) is 0. The Morgan fingerprint density at radius 3 is 2.31 bits per heavy atom. The van der Waals surface area contributed by atoms with Gasteiger partial charge in [0.25, 0.3) is 5.56 Å². The van der Waals surface area contributed by atoms with Crippen LogP contribution in [-0.4, -0.2) is 18.9 Å². The van der Waals surface area contributed by atoms with E-state index in [2.05, 4.69) is 10.6 Å². The van der Waals surface area contributed by atoms with Crippen molar-refractivity contribution in [2.75, 3.05) is 0 Å². The van der Waals surface area contributed by atoms with Crippen molar-refractivity contribution in [3.8, 4) is 23.1 Å². The van der Waals surface area contributed by atoms with Crippen LogP contribution in [0.4, 0.5) is 0 Å². The van der Waals surface area contributed by atoms with E-state index in [0.29, 0.717) is 27.6 Å². The van der Waals surface area contributed by atoms with Crippen molar-refractivity contribution >= 4 is 38.5 Å². The molecule has 0 amide bonds. The predicted octanol–water partition coefficient (Wildman–Crippen LogP) is 5.88. The molecule has 4 aromatic carbocycles. The average Bonchev–Trinajstić information content (AvgIpc) is 3.32. The van der Waals surface area contributed by atoms with Crippen molar-refractivity contribution in [1.82, 2.24) is 18.9 Å². The quantitative estimate of drug-likeness (QED) is 0.237. The maximum absolute atomic E-state index is 13.9. The molecule has 0 aliphatic heterocycles. The molecule has 7 aromatic rings. The van der Waals surface area contributed by atoms with Crippen LogP contribution in [0.15, 0.2) is 108 Å². The number of hydrogen-bond donors (Lipinski definition) is 0. The standard InChI is InChI=1S/C30H17N5O/c31-18-21-16-19-8-4-6-12-26(19)35-29(21)32-24-15-14-20(17-23(24)30(35)36)28-33-25-11-5-7-13-27(25)34(28)22-9-2-1-3-10-22/h1-17H. The minimum Gasteiger partial charge on any atom is -0.292 e. The second-order valence-electron chi connectivity index (χ2n) is 8.63. The summed E-state index contributed by atoms with van der Waals surface area (Å²) in [5.41, 5.74) is 5.41. The first-order chi connectivity index (χ1) is 17.7. The van der Waals surface area contributed by atoms with Gasteiger partial charge in [-0.15, -0.1) is 0 Å². The van der Waals surface area contributed by atoms with Crippen LogP contribution in [0.1, 0.15) is 5.56 Å². The molecule has 36 heavy (non-hydrogen) atoms. The van der Waals surface area contributed by atoms with Crippen LogP contribution >= 0.6 is 0 Å². The molecule has 6 heteroatoms. The van der Waals surface area contributed by atoms with Gasteiger partial charge in [0, 0.05) is 16.6 Å². The lowest BCUT2D eigenvalue weighted by atomic mass is 10.1. The summed E-state index contributed by atoms with van der Waals surface area (Å²) in [6.45, 7) is 0. The molecule has 0 unspecified atom stereocenters. The molecule has 3 aromatic heterocycles. The predicted molar refractivity (Wildman–Crippen MR) is 141 cm³/mol. The number of nitriles is 1. The molecule has 0 aliphatic carbocycles. The van der Waals surface area contributed by atoms with Gasteiger partial charge in [0.2, 0.25) is 0 Å². The third-order valence-electron chi connectivity index (χ3n) is 6.54. The highest BCUT2D eigenvalue weighted by molar-refractivity contribution is 5.91. The van der Waals surface area contributed by atoms with Gasteiger partial charge in [0.1, 0.15) is 11.9 Å². The number of nitrogens with zero attached hydrogens (tertiary/aromatic N) is 5. The molecule has 168 valence electrons. The zero-order valence-corrected chi connectivity index (χ0v) is 19.0. The number of para-hydroxylation sites is 4. The van der Waals surface area contributed by atoms with Crippen molar-refractivity contribution in [2.45, 2.75) is 0 Å². The van der Waals surface area contributed by atoms with E-state index in [1.165, 1.54) is 0 Å². The Hall–Kier alpha value is -5.28. The number of fused-ring (bicyclic) bond motifs is 5. The lowest BCUT2D eigenvalue weighted by Crippen LogP contribution is -2.17. The van der Waals surface area contributed by atoms with Gasteiger partial charge >= 0.3 is 0 Å². The minimum atomic E-state index is -0.215. The van der Waals surface area contributed by atoms with E-state index < -0.39 is 0 Å². The van der Waals surface area contributed by atoms with E-state index in [4.69, 9.17) is 9.97 Å². The van der Waals surface area contributed by atoms with Crippen LogP contribution < -0.4 is 5.56 Å². The molecular formula is C30H17N5O. The molecule has 0 saturated heterocycles. The van der Waals surface area contributed by atoms with Gasteiger partial charge in [0.05, 0.1) is 33.0 Å². The normalized spacial score (nSPS) is 11.4. The Morgan fingerprint density at radius 1 is 0.722 bits per heavy atom. The second kappa shape index (κ2) is 7.62. The second-order valence-corrected chi connectivity index (χ2v) is 8.63. The average molecular weight is 464 g/mol. The summed E-state index contributed by atoms with van der Waals surface area (Å²) >= 11 is 0. The van der Waals surface area contributed by atoms with Gasteiger partial charge in [-0.25, -0.2) is 9.97 Å². The van der Waals surface area contributed by atoms with Crippen LogP contribution in [0, 0.1) is 11.3 Å². The van der Waals surface area contributed by atoms with Crippen LogP contribution in [0.25, 0.3) is 55.6 Å². The first-order valence-electron chi connectivity index (χ1n) is 11.5. The Bertz CT molecular complexity index is 2080. The zero-order chi connectivity index (χ0) is 24.2. The summed E-state index contributed by atoms with van der Waals surface area (Å²) in [6.07, 6.45) is 0. The molecule has 7 rings (SSSR count). The Kier molecular flexibility index (Phi) is 4.26. The Balaban J connectivity index is 1.57. The lowest BCUT2D eigenvalue weighted by Gasteiger charge is -2.11. The molecule has 0 spiro atoms. The van der Waals surface area contributed by atoms with Crippen LogP contribution in [0.3, 0.4) is 0 Å². The third-order valence-corrected chi connectivity index (χ3v) is 6.54. The van der Waals surface area contributed by atoms with Gasteiger partial charge in [-0.05, 0) is 54.6 Å². The number of pyridine rings is 1. The van der Waals surface area contributed by atoms with Crippen LogP contribution in [0.5, 0.6) is 0 Å². The van der Waals surface area contributed by atoms with E-state index >= 15 is 0 Å². The topological polar surface area (TPSA) is 76.0 Å². The molecule has 0 atom stereocenters. The van der Waals surface area contributed by atoms with E-state index in [1.54, 1.807) is 10.5 Å². The molecule has 0 N–H and O–H groups in total. The molecule has 3 heterocycles. The van der Waals surface area contributed by atoms with Crippen molar-refractivity contribution in [3.63, 3.8) is 0 Å². The first-order valence-corrected chi connectivity index (χ1v) is 11.5. The largest absolute Gasteiger partial charge is 0.292 e. The van der Waals surface area contributed by atoms with Crippen molar-refractivity contribution in [3.05, 3.63) is 119 Å². The minimum absolute atomic E-state index is 0.215. The number of benzene rings is 4.